The third-order valence-corrected chi connectivity index (χ3v) is 5.79. The number of rotatable bonds is 0. The molecule has 0 N–H and O–H groups in total. The monoisotopic (exact) mass is 192 g/mol. The summed E-state index contributed by atoms with van der Waals surface area (Å²) in [5.41, 5.74) is 0.739. The van der Waals surface area contributed by atoms with E-state index in [1.807, 2.05) is 0 Å². The van der Waals surface area contributed by atoms with Crippen LogP contribution in [-0.2, 0) is 0 Å². The van der Waals surface area contributed by atoms with Crippen molar-refractivity contribution in [1.82, 2.24) is 0 Å². The Morgan fingerprint density at radius 3 is 2.57 bits per heavy atom. The van der Waals surface area contributed by atoms with Gasteiger partial charge in [-0.05, 0) is 74.0 Å². The minimum absolute atomic E-state index is 0.739. The molecule has 0 heterocycles. The molecule has 3 rings (SSSR count). The van der Waals surface area contributed by atoms with Gasteiger partial charge in [0, 0.05) is 0 Å². The largest absolute Gasteiger partial charge is 0.0620 e. The summed E-state index contributed by atoms with van der Waals surface area (Å²) in [6.07, 6.45) is 10.9. The minimum atomic E-state index is 0.739. The molecule has 3 aliphatic carbocycles. The molecule has 0 aromatic carbocycles. The molecule has 0 spiro atoms. The molecular formula is C14H24. The Morgan fingerprint density at radius 2 is 1.71 bits per heavy atom. The van der Waals surface area contributed by atoms with Gasteiger partial charge in [0.15, 0.2) is 0 Å². The lowest BCUT2D eigenvalue weighted by Crippen LogP contribution is -2.28. The highest BCUT2D eigenvalue weighted by Crippen LogP contribution is 2.56. The van der Waals surface area contributed by atoms with Gasteiger partial charge in [0.05, 0.1) is 0 Å². The Balaban J connectivity index is 1.95. The molecule has 0 heteroatoms. The molecule has 3 aliphatic rings. The van der Waals surface area contributed by atoms with E-state index in [0.29, 0.717) is 0 Å². The predicted molar refractivity (Wildman–Crippen MR) is 60.1 cm³/mol. The molecule has 3 saturated carbocycles. The van der Waals surface area contributed by atoms with Crippen LogP contribution in [0.25, 0.3) is 0 Å². The molecule has 0 saturated heterocycles. The molecule has 0 nitrogen and oxygen atoms in total. The number of hydrogen-bond donors (Lipinski definition) is 0. The second-order valence-corrected chi connectivity index (χ2v) is 6.81. The van der Waals surface area contributed by atoms with Gasteiger partial charge in [-0.15, -0.1) is 0 Å². The smallest absolute Gasteiger partial charge is 0.0323 e. The molecular weight excluding hydrogens is 168 g/mol. The first-order valence-corrected chi connectivity index (χ1v) is 6.66. The highest BCUT2D eigenvalue weighted by atomic mass is 14.5. The summed E-state index contributed by atoms with van der Waals surface area (Å²) < 4.78 is 0. The standard InChI is InChI=1S/C14H24/c1-10-12-4-6-14(2)5-3-11(7-12)8-13(10)9-14/h10-13H,3-9H2,1-2H3. The molecule has 0 amide bonds. The van der Waals surface area contributed by atoms with E-state index in [2.05, 4.69) is 13.8 Å². The lowest BCUT2D eigenvalue weighted by Gasteiger charge is -2.38. The predicted octanol–water partition coefficient (Wildman–Crippen LogP) is 4.25. The van der Waals surface area contributed by atoms with Gasteiger partial charge in [0.2, 0.25) is 0 Å². The molecule has 0 aromatic heterocycles. The van der Waals surface area contributed by atoms with Crippen molar-refractivity contribution in [2.24, 2.45) is 29.1 Å². The lowest BCUT2D eigenvalue weighted by atomic mass is 9.68. The summed E-state index contributed by atoms with van der Waals surface area (Å²) in [5.74, 6) is 4.35. The normalized spacial score (nSPS) is 57.0. The summed E-state index contributed by atoms with van der Waals surface area (Å²) in [4.78, 5) is 0. The van der Waals surface area contributed by atoms with E-state index in [-0.39, 0.29) is 0 Å². The molecule has 5 unspecified atom stereocenters. The fourth-order valence-electron chi connectivity index (χ4n) is 4.70. The average molecular weight is 192 g/mol. The zero-order valence-corrected chi connectivity index (χ0v) is 9.76. The van der Waals surface area contributed by atoms with Gasteiger partial charge in [-0.25, -0.2) is 0 Å². The molecule has 4 bridgehead atoms. The van der Waals surface area contributed by atoms with Crippen LogP contribution in [0.1, 0.15) is 58.8 Å². The highest BCUT2D eigenvalue weighted by Gasteiger charge is 2.45. The maximum atomic E-state index is 2.57. The number of fused-ring (bicyclic) bond motifs is 3. The fraction of sp³-hybridized carbons (Fsp3) is 1.00. The summed E-state index contributed by atoms with van der Waals surface area (Å²) >= 11 is 0. The van der Waals surface area contributed by atoms with E-state index in [0.717, 1.165) is 29.1 Å². The van der Waals surface area contributed by atoms with Crippen molar-refractivity contribution in [1.29, 1.82) is 0 Å². The molecule has 0 radical (unpaired) electrons. The lowest BCUT2D eigenvalue weighted by molar-refractivity contribution is 0.123. The Hall–Kier alpha value is 0. The first-order valence-electron chi connectivity index (χ1n) is 6.66. The van der Waals surface area contributed by atoms with E-state index in [1.165, 1.54) is 12.8 Å². The van der Waals surface area contributed by atoms with Crippen molar-refractivity contribution in [3.05, 3.63) is 0 Å². The van der Waals surface area contributed by atoms with Crippen LogP contribution < -0.4 is 0 Å². The van der Waals surface area contributed by atoms with Crippen molar-refractivity contribution in [2.75, 3.05) is 0 Å². The summed E-state index contributed by atoms with van der Waals surface area (Å²) in [6, 6.07) is 0. The molecule has 0 aliphatic heterocycles. The van der Waals surface area contributed by atoms with E-state index in [1.54, 1.807) is 32.1 Å². The number of hydrogen-bond acceptors (Lipinski definition) is 0. The van der Waals surface area contributed by atoms with Crippen LogP contribution in [0.4, 0.5) is 0 Å². The Labute approximate surface area is 88.5 Å². The van der Waals surface area contributed by atoms with Gasteiger partial charge in [0.25, 0.3) is 0 Å². The topological polar surface area (TPSA) is 0 Å². The van der Waals surface area contributed by atoms with Gasteiger partial charge in [-0.2, -0.15) is 0 Å². The first-order chi connectivity index (χ1) is 6.66. The quantitative estimate of drug-likeness (QED) is 0.538. The van der Waals surface area contributed by atoms with Crippen molar-refractivity contribution >= 4 is 0 Å². The van der Waals surface area contributed by atoms with Crippen LogP contribution in [0, 0.1) is 29.1 Å². The van der Waals surface area contributed by atoms with Crippen molar-refractivity contribution in [3.63, 3.8) is 0 Å². The summed E-state index contributed by atoms with van der Waals surface area (Å²) in [6.45, 7) is 5.12. The summed E-state index contributed by atoms with van der Waals surface area (Å²) in [5, 5.41) is 0. The second-order valence-electron chi connectivity index (χ2n) is 6.81. The average Bonchev–Trinajstić information content (AvgIpc) is 2.30. The zero-order chi connectivity index (χ0) is 9.76. The maximum Gasteiger partial charge on any atom is -0.0323 e. The van der Waals surface area contributed by atoms with Crippen molar-refractivity contribution in [2.45, 2.75) is 58.8 Å². The van der Waals surface area contributed by atoms with Crippen LogP contribution in [0.3, 0.4) is 0 Å². The van der Waals surface area contributed by atoms with Crippen LogP contribution in [0.5, 0.6) is 0 Å². The Bertz CT molecular complexity index is 232. The molecule has 3 fully saturated rings. The van der Waals surface area contributed by atoms with Crippen LogP contribution in [0.2, 0.25) is 0 Å². The third-order valence-electron chi connectivity index (χ3n) is 5.79. The van der Waals surface area contributed by atoms with Gasteiger partial charge in [-0.3, -0.25) is 0 Å². The van der Waals surface area contributed by atoms with E-state index in [9.17, 15) is 0 Å². The van der Waals surface area contributed by atoms with Gasteiger partial charge < -0.3 is 0 Å². The second kappa shape index (κ2) is 3.00. The van der Waals surface area contributed by atoms with Gasteiger partial charge >= 0.3 is 0 Å². The summed E-state index contributed by atoms with van der Waals surface area (Å²) in [7, 11) is 0. The highest BCUT2D eigenvalue weighted by molar-refractivity contribution is 4.95. The van der Waals surface area contributed by atoms with E-state index in [4.69, 9.17) is 0 Å². The van der Waals surface area contributed by atoms with Crippen LogP contribution in [0.15, 0.2) is 0 Å². The third kappa shape index (κ3) is 1.33. The molecule has 5 atom stereocenters. The van der Waals surface area contributed by atoms with Crippen molar-refractivity contribution in [3.8, 4) is 0 Å². The van der Waals surface area contributed by atoms with Crippen LogP contribution >= 0.6 is 0 Å². The zero-order valence-electron chi connectivity index (χ0n) is 9.76. The molecule has 0 aromatic rings. The van der Waals surface area contributed by atoms with E-state index < -0.39 is 0 Å². The SMILES string of the molecule is CC1C2CCC3(C)CCC(C2)CC1C3. The minimum Gasteiger partial charge on any atom is -0.0620 e. The fourth-order valence-corrected chi connectivity index (χ4v) is 4.70. The van der Waals surface area contributed by atoms with Crippen molar-refractivity contribution < 1.29 is 0 Å². The van der Waals surface area contributed by atoms with Gasteiger partial charge in [0.1, 0.15) is 0 Å². The Kier molecular flexibility index (Phi) is 1.98. The molecule has 14 heavy (non-hydrogen) atoms. The van der Waals surface area contributed by atoms with Crippen LogP contribution in [-0.4, -0.2) is 0 Å². The first kappa shape index (κ1) is 9.24. The Morgan fingerprint density at radius 1 is 1.00 bits per heavy atom. The van der Waals surface area contributed by atoms with E-state index >= 15 is 0 Å². The molecule has 80 valence electrons. The van der Waals surface area contributed by atoms with Gasteiger partial charge in [-0.1, -0.05) is 13.8 Å². The maximum absolute atomic E-state index is 2.57.